The van der Waals surface area contributed by atoms with Crippen molar-refractivity contribution in [3.63, 3.8) is 0 Å². The Balaban J connectivity index is 2.50. The topological polar surface area (TPSA) is 29.1 Å². The quantitative estimate of drug-likeness (QED) is 0.784. The molecule has 0 aromatic rings. The SMILES string of the molecule is CC(Br)C(C)(C)NC(=O)C1CCCCCCC1. The Labute approximate surface area is 114 Å². The van der Waals surface area contributed by atoms with Crippen molar-refractivity contribution in [3.8, 4) is 0 Å². The molecule has 1 amide bonds. The fourth-order valence-corrected chi connectivity index (χ4v) is 2.35. The minimum Gasteiger partial charge on any atom is -0.350 e. The first-order valence-corrected chi connectivity index (χ1v) is 7.81. The van der Waals surface area contributed by atoms with Gasteiger partial charge in [0.2, 0.25) is 5.91 Å². The van der Waals surface area contributed by atoms with E-state index in [0.717, 1.165) is 12.8 Å². The van der Waals surface area contributed by atoms with E-state index in [1.807, 2.05) is 0 Å². The van der Waals surface area contributed by atoms with E-state index in [1.54, 1.807) is 0 Å². The van der Waals surface area contributed by atoms with Crippen molar-refractivity contribution in [3.05, 3.63) is 0 Å². The summed E-state index contributed by atoms with van der Waals surface area (Å²) in [4.78, 5) is 12.5. The van der Waals surface area contributed by atoms with Crippen LogP contribution in [-0.2, 0) is 4.79 Å². The summed E-state index contributed by atoms with van der Waals surface area (Å²) in [7, 11) is 0. The predicted octanol–water partition coefficient (Wildman–Crippen LogP) is 4.03. The van der Waals surface area contributed by atoms with Crippen molar-refractivity contribution in [1.82, 2.24) is 5.32 Å². The molecule has 17 heavy (non-hydrogen) atoms. The fourth-order valence-electron chi connectivity index (χ4n) is 2.24. The highest BCUT2D eigenvalue weighted by Crippen LogP contribution is 2.24. The molecule has 3 heteroatoms. The van der Waals surface area contributed by atoms with Crippen LogP contribution in [0.25, 0.3) is 0 Å². The van der Waals surface area contributed by atoms with Gasteiger partial charge in [-0.05, 0) is 26.7 Å². The zero-order chi connectivity index (χ0) is 12.9. The summed E-state index contributed by atoms with van der Waals surface area (Å²) in [5, 5.41) is 3.19. The average molecular weight is 304 g/mol. The van der Waals surface area contributed by atoms with Crippen LogP contribution in [0.1, 0.15) is 65.7 Å². The monoisotopic (exact) mass is 303 g/mol. The molecule has 0 aromatic heterocycles. The molecule has 2 nitrogen and oxygen atoms in total. The molecule has 1 rings (SSSR count). The minimum absolute atomic E-state index is 0.167. The average Bonchev–Trinajstić information content (AvgIpc) is 2.15. The first-order valence-electron chi connectivity index (χ1n) is 6.89. The van der Waals surface area contributed by atoms with Gasteiger partial charge in [-0.1, -0.05) is 55.0 Å². The van der Waals surface area contributed by atoms with E-state index in [1.165, 1.54) is 32.1 Å². The van der Waals surface area contributed by atoms with E-state index in [4.69, 9.17) is 0 Å². The third-order valence-electron chi connectivity index (χ3n) is 3.92. The Bertz CT molecular complexity index is 243. The minimum atomic E-state index is -0.167. The highest BCUT2D eigenvalue weighted by atomic mass is 79.9. The van der Waals surface area contributed by atoms with Crippen LogP contribution in [0.5, 0.6) is 0 Å². The second-order valence-corrected chi connectivity index (χ2v) is 7.24. The maximum atomic E-state index is 12.3. The smallest absolute Gasteiger partial charge is 0.223 e. The van der Waals surface area contributed by atoms with E-state index < -0.39 is 0 Å². The van der Waals surface area contributed by atoms with Crippen LogP contribution in [0, 0.1) is 5.92 Å². The number of carbonyl (C=O) groups is 1. The zero-order valence-corrected chi connectivity index (χ0v) is 13.0. The summed E-state index contributed by atoms with van der Waals surface area (Å²) in [6.45, 7) is 6.24. The molecule has 0 aliphatic heterocycles. The molecule has 0 heterocycles. The van der Waals surface area contributed by atoms with Crippen LogP contribution in [0.3, 0.4) is 0 Å². The van der Waals surface area contributed by atoms with Crippen LogP contribution < -0.4 is 5.32 Å². The fraction of sp³-hybridized carbons (Fsp3) is 0.929. The molecule has 0 radical (unpaired) electrons. The molecule has 0 saturated heterocycles. The van der Waals surface area contributed by atoms with Crippen LogP contribution in [0.2, 0.25) is 0 Å². The molecular formula is C14H26BrNO. The van der Waals surface area contributed by atoms with Gasteiger partial charge in [0, 0.05) is 16.3 Å². The lowest BCUT2D eigenvalue weighted by atomic mass is 9.89. The van der Waals surface area contributed by atoms with Gasteiger partial charge in [-0.15, -0.1) is 0 Å². The van der Waals surface area contributed by atoms with Crippen LogP contribution in [-0.4, -0.2) is 16.3 Å². The van der Waals surface area contributed by atoms with Gasteiger partial charge in [0.1, 0.15) is 0 Å². The summed E-state index contributed by atoms with van der Waals surface area (Å²) >= 11 is 3.56. The summed E-state index contributed by atoms with van der Waals surface area (Å²) in [5.74, 6) is 0.490. The number of rotatable bonds is 3. The molecule has 0 spiro atoms. The van der Waals surface area contributed by atoms with Gasteiger partial charge in [0.25, 0.3) is 0 Å². The maximum Gasteiger partial charge on any atom is 0.223 e. The van der Waals surface area contributed by atoms with Crippen molar-refractivity contribution in [1.29, 1.82) is 0 Å². The molecule has 0 aromatic carbocycles. The van der Waals surface area contributed by atoms with Crippen LogP contribution in [0.4, 0.5) is 0 Å². The van der Waals surface area contributed by atoms with Crippen LogP contribution >= 0.6 is 15.9 Å². The second-order valence-electron chi connectivity index (χ2n) is 5.87. The maximum absolute atomic E-state index is 12.3. The molecule has 100 valence electrons. The predicted molar refractivity (Wildman–Crippen MR) is 76.4 cm³/mol. The highest BCUT2D eigenvalue weighted by Gasteiger charge is 2.29. The van der Waals surface area contributed by atoms with E-state index in [-0.39, 0.29) is 22.2 Å². The number of nitrogens with one attached hydrogen (secondary N) is 1. The Morgan fingerprint density at radius 2 is 1.65 bits per heavy atom. The van der Waals surface area contributed by atoms with Gasteiger partial charge >= 0.3 is 0 Å². The third kappa shape index (κ3) is 4.99. The Kier molecular flexibility index (Phi) is 5.98. The van der Waals surface area contributed by atoms with E-state index in [9.17, 15) is 4.79 Å². The lowest BCUT2D eigenvalue weighted by Crippen LogP contribution is -2.50. The molecule has 1 aliphatic carbocycles. The van der Waals surface area contributed by atoms with Gasteiger partial charge in [-0.2, -0.15) is 0 Å². The Morgan fingerprint density at radius 3 is 2.12 bits per heavy atom. The summed E-state index contributed by atoms with van der Waals surface area (Å²) < 4.78 is 0. The molecule has 1 N–H and O–H groups in total. The highest BCUT2D eigenvalue weighted by molar-refractivity contribution is 9.09. The van der Waals surface area contributed by atoms with Crippen molar-refractivity contribution in [2.45, 2.75) is 76.1 Å². The number of amides is 1. The number of halogens is 1. The molecule has 1 saturated carbocycles. The molecule has 0 bridgehead atoms. The third-order valence-corrected chi connectivity index (χ3v) is 5.06. The normalized spacial score (nSPS) is 21.4. The number of hydrogen-bond donors (Lipinski definition) is 1. The summed E-state index contributed by atoms with van der Waals surface area (Å²) in [5.41, 5.74) is -0.167. The molecule has 1 aliphatic rings. The standard InChI is InChI=1S/C14H26BrNO/c1-11(15)14(2,3)16-13(17)12-9-7-5-4-6-8-10-12/h11-12H,4-10H2,1-3H3,(H,16,17). The van der Waals surface area contributed by atoms with Crippen LogP contribution in [0.15, 0.2) is 0 Å². The van der Waals surface area contributed by atoms with Gasteiger partial charge in [-0.3, -0.25) is 4.79 Å². The second kappa shape index (κ2) is 6.77. The van der Waals surface area contributed by atoms with Crippen molar-refractivity contribution in [2.75, 3.05) is 0 Å². The largest absolute Gasteiger partial charge is 0.350 e. The van der Waals surface area contributed by atoms with Crippen molar-refractivity contribution in [2.24, 2.45) is 5.92 Å². The van der Waals surface area contributed by atoms with Gasteiger partial charge in [0.05, 0.1) is 0 Å². The molecule has 1 fully saturated rings. The van der Waals surface area contributed by atoms with Crippen molar-refractivity contribution < 1.29 is 4.79 Å². The number of alkyl halides is 1. The summed E-state index contributed by atoms with van der Waals surface area (Å²) in [6.07, 6.45) is 8.49. The lowest BCUT2D eigenvalue weighted by molar-refractivity contribution is -0.127. The van der Waals surface area contributed by atoms with E-state index in [0.29, 0.717) is 0 Å². The number of carbonyl (C=O) groups excluding carboxylic acids is 1. The molecule has 1 unspecified atom stereocenters. The first-order chi connectivity index (χ1) is 7.93. The van der Waals surface area contributed by atoms with Gasteiger partial charge < -0.3 is 5.32 Å². The Morgan fingerprint density at radius 1 is 1.18 bits per heavy atom. The summed E-state index contributed by atoms with van der Waals surface area (Å²) in [6, 6.07) is 0. The van der Waals surface area contributed by atoms with Crippen molar-refractivity contribution >= 4 is 21.8 Å². The van der Waals surface area contributed by atoms with Gasteiger partial charge in [-0.25, -0.2) is 0 Å². The van der Waals surface area contributed by atoms with E-state index >= 15 is 0 Å². The Hall–Kier alpha value is -0.0500. The van der Waals surface area contributed by atoms with E-state index in [2.05, 4.69) is 42.0 Å². The number of hydrogen-bond acceptors (Lipinski definition) is 1. The first kappa shape index (κ1) is 15.0. The molecular weight excluding hydrogens is 278 g/mol. The zero-order valence-electron chi connectivity index (χ0n) is 11.4. The molecule has 1 atom stereocenters. The van der Waals surface area contributed by atoms with Gasteiger partial charge in [0.15, 0.2) is 0 Å². The lowest BCUT2D eigenvalue weighted by Gasteiger charge is -2.31.